The summed E-state index contributed by atoms with van der Waals surface area (Å²) in [6, 6.07) is 16.4. The molecule has 0 aliphatic rings. The van der Waals surface area contributed by atoms with E-state index in [1.54, 1.807) is 13.0 Å². The molecular formula is C17H17F3O. The maximum Gasteiger partial charge on any atom is 0.416 e. The monoisotopic (exact) mass is 294 g/mol. The first-order valence-electron chi connectivity index (χ1n) is 6.55. The number of alkyl halides is 3. The van der Waals surface area contributed by atoms with Gasteiger partial charge in [0.1, 0.15) is 5.78 Å². The number of benzene rings is 2. The summed E-state index contributed by atoms with van der Waals surface area (Å²) in [5, 5.41) is 0. The number of hydrogen-bond donors (Lipinski definition) is 0. The minimum atomic E-state index is -4.21. The van der Waals surface area contributed by atoms with Crippen LogP contribution in [0, 0.1) is 0 Å². The number of rotatable bonds is 3. The fourth-order valence-electron chi connectivity index (χ4n) is 1.59. The molecule has 2 aromatic carbocycles. The van der Waals surface area contributed by atoms with Crippen molar-refractivity contribution in [2.75, 3.05) is 0 Å². The second-order valence-electron chi connectivity index (χ2n) is 4.55. The van der Waals surface area contributed by atoms with Crippen LogP contribution in [0.5, 0.6) is 0 Å². The largest absolute Gasteiger partial charge is 0.416 e. The Labute approximate surface area is 122 Å². The second kappa shape index (κ2) is 8.25. The zero-order chi connectivity index (χ0) is 15.7. The van der Waals surface area contributed by atoms with Gasteiger partial charge in [0.25, 0.3) is 0 Å². The maximum absolute atomic E-state index is 11.8. The SMILES string of the molecule is CC(=O)CCc1ccccc1.FC(F)(F)c1ccccc1. The minimum absolute atomic E-state index is 0.258. The van der Waals surface area contributed by atoms with Gasteiger partial charge in [0, 0.05) is 6.42 Å². The molecule has 4 heteroatoms. The fraction of sp³-hybridized carbons (Fsp3) is 0.235. The molecule has 0 heterocycles. The van der Waals surface area contributed by atoms with Gasteiger partial charge in [-0.25, -0.2) is 0 Å². The number of ketones is 1. The molecule has 0 saturated heterocycles. The van der Waals surface area contributed by atoms with E-state index in [1.807, 2.05) is 30.3 Å². The third-order valence-corrected chi connectivity index (χ3v) is 2.71. The Hall–Kier alpha value is -2.10. The molecule has 0 aliphatic heterocycles. The van der Waals surface area contributed by atoms with E-state index in [4.69, 9.17) is 0 Å². The topological polar surface area (TPSA) is 17.1 Å². The standard InChI is InChI=1S/C10H12O.C7H5F3/c1-9(11)7-8-10-5-3-2-4-6-10;8-7(9,10)6-4-2-1-3-5-6/h2-6H,7-8H2,1H3;1-5H. The van der Waals surface area contributed by atoms with Crippen LogP contribution in [0.2, 0.25) is 0 Å². The lowest BCUT2D eigenvalue weighted by molar-refractivity contribution is -0.137. The van der Waals surface area contributed by atoms with Crippen molar-refractivity contribution in [3.63, 3.8) is 0 Å². The third kappa shape index (κ3) is 7.30. The molecule has 0 aromatic heterocycles. The molecule has 2 aromatic rings. The van der Waals surface area contributed by atoms with E-state index in [0.717, 1.165) is 18.6 Å². The Bertz CT molecular complexity index is 533. The normalized spacial score (nSPS) is 10.5. The summed E-state index contributed by atoms with van der Waals surface area (Å²) in [7, 11) is 0. The molecule has 0 N–H and O–H groups in total. The average molecular weight is 294 g/mol. The van der Waals surface area contributed by atoms with Gasteiger partial charge in [0.05, 0.1) is 5.56 Å². The Morgan fingerprint density at radius 2 is 1.38 bits per heavy atom. The van der Waals surface area contributed by atoms with Gasteiger partial charge < -0.3 is 4.79 Å². The van der Waals surface area contributed by atoms with Gasteiger partial charge >= 0.3 is 6.18 Å². The lowest BCUT2D eigenvalue weighted by atomic mass is 10.1. The van der Waals surface area contributed by atoms with Crippen LogP contribution in [0.4, 0.5) is 13.2 Å². The van der Waals surface area contributed by atoms with E-state index in [1.165, 1.54) is 17.7 Å². The van der Waals surface area contributed by atoms with Crippen molar-refractivity contribution in [1.82, 2.24) is 0 Å². The number of hydrogen-bond acceptors (Lipinski definition) is 1. The molecule has 0 aliphatic carbocycles. The van der Waals surface area contributed by atoms with Gasteiger partial charge in [0.2, 0.25) is 0 Å². The first-order chi connectivity index (χ1) is 9.89. The predicted octanol–water partition coefficient (Wildman–Crippen LogP) is 4.91. The lowest BCUT2D eigenvalue weighted by Crippen LogP contribution is -2.03. The molecule has 0 amide bonds. The van der Waals surface area contributed by atoms with E-state index < -0.39 is 11.7 Å². The summed E-state index contributed by atoms with van der Waals surface area (Å²) in [6.07, 6.45) is -2.68. The van der Waals surface area contributed by atoms with Crippen LogP contribution >= 0.6 is 0 Å². The summed E-state index contributed by atoms with van der Waals surface area (Å²) >= 11 is 0. The Balaban J connectivity index is 0.000000211. The molecule has 1 nitrogen and oxygen atoms in total. The Kier molecular flexibility index (Phi) is 6.66. The van der Waals surface area contributed by atoms with Gasteiger partial charge in [-0.3, -0.25) is 0 Å². The second-order valence-corrected chi connectivity index (χ2v) is 4.55. The summed E-state index contributed by atoms with van der Waals surface area (Å²) in [4.78, 5) is 10.6. The summed E-state index contributed by atoms with van der Waals surface area (Å²) < 4.78 is 35.4. The zero-order valence-electron chi connectivity index (χ0n) is 11.7. The number of aryl methyl sites for hydroxylation is 1. The fourth-order valence-corrected chi connectivity index (χ4v) is 1.59. The number of carbonyl (C=O) groups excluding carboxylic acids is 1. The van der Waals surface area contributed by atoms with Crippen LogP contribution in [0.3, 0.4) is 0 Å². The Morgan fingerprint density at radius 1 is 0.905 bits per heavy atom. The first-order valence-corrected chi connectivity index (χ1v) is 6.55. The maximum atomic E-state index is 11.8. The van der Waals surface area contributed by atoms with Gasteiger partial charge in [-0.15, -0.1) is 0 Å². The van der Waals surface area contributed by atoms with Crippen molar-refractivity contribution in [1.29, 1.82) is 0 Å². The lowest BCUT2D eigenvalue weighted by Gasteiger charge is -2.03. The molecule has 21 heavy (non-hydrogen) atoms. The van der Waals surface area contributed by atoms with Crippen molar-refractivity contribution in [3.05, 3.63) is 71.8 Å². The first kappa shape index (κ1) is 17.0. The summed E-state index contributed by atoms with van der Waals surface area (Å²) in [6.45, 7) is 1.63. The van der Waals surface area contributed by atoms with Gasteiger partial charge in [-0.2, -0.15) is 13.2 Å². The van der Waals surface area contributed by atoms with Crippen LogP contribution in [-0.4, -0.2) is 5.78 Å². The van der Waals surface area contributed by atoms with Gasteiger partial charge in [-0.05, 0) is 18.9 Å². The van der Waals surface area contributed by atoms with Crippen LogP contribution < -0.4 is 0 Å². The van der Waals surface area contributed by atoms with Crippen LogP contribution in [0.15, 0.2) is 60.7 Å². The molecule has 0 fully saturated rings. The molecule has 0 saturated carbocycles. The van der Waals surface area contributed by atoms with E-state index >= 15 is 0 Å². The zero-order valence-corrected chi connectivity index (χ0v) is 11.7. The Morgan fingerprint density at radius 3 is 1.76 bits per heavy atom. The van der Waals surface area contributed by atoms with Crippen molar-refractivity contribution in [2.45, 2.75) is 25.9 Å². The number of Topliss-reactive ketones (excluding diaryl/α,β-unsaturated/α-hetero) is 1. The third-order valence-electron chi connectivity index (χ3n) is 2.71. The molecule has 0 radical (unpaired) electrons. The van der Waals surface area contributed by atoms with Crippen LogP contribution in [0.1, 0.15) is 24.5 Å². The highest BCUT2D eigenvalue weighted by Crippen LogP contribution is 2.28. The summed E-state index contributed by atoms with van der Waals surface area (Å²) in [5.74, 6) is 0.258. The van der Waals surface area contributed by atoms with Crippen LogP contribution in [0.25, 0.3) is 0 Å². The van der Waals surface area contributed by atoms with Crippen molar-refractivity contribution < 1.29 is 18.0 Å². The molecule has 0 bridgehead atoms. The number of carbonyl (C=O) groups is 1. The minimum Gasteiger partial charge on any atom is -0.300 e. The highest BCUT2D eigenvalue weighted by molar-refractivity contribution is 5.75. The van der Waals surface area contributed by atoms with Crippen molar-refractivity contribution in [2.24, 2.45) is 0 Å². The predicted molar refractivity (Wildman–Crippen MR) is 76.9 cm³/mol. The van der Waals surface area contributed by atoms with Crippen molar-refractivity contribution in [3.8, 4) is 0 Å². The molecule has 0 spiro atoms. The molecule has 112 valence electrons. The van der Waals surface area contributed by atoms with E-state index in [9.17, 15) is 18.0 Å². The smallest absolute Gasteiger partial charge is 0.300 e. The quantitative estimate of drug-likeness (QED) is 0.785. The van der Waals surface area contributed by atoms with Crippen LogP contribution in [-0.2, 0) is 17.4 Å². The highest BCUT2D eigenvalue weighted by Gasteiger charge is 2.29. The van der Waals surface area contributed by atoms with E-state index in [0.29, 0.717) is 6.42 Å². The van der Waals surface area contributed by atoms with Crippen molar-refractivity contribution >= 4 is 5.78 Å². The van der Waals surface area contributed by atoms with E-state index in [2.05, 4.69) is 0 Å². The molecular weight excluding hydrogens is 277 g/mol. The van der Waals surface area contributed by atoms with E-state index in [-0.39, 0.29) is 5.78 Å². The van der Waals surface area contributed by atoms with Gasteiger partial charge in [-0.1, -0.05) is 60.7 Å². The van der Waals surface area contributed by atoms with Gasteiger partial charge in [0.15, 0.2) is 0 Å². The molecule has 2 rings (SSSR count). The number of halogens is 3. The molecule has 0 atom stereocenters. The molecule has 0 unspecified atom stereocenters. The highest BCUT2D eigenvalue weighted by atomic mass is 19.4. The summed E-state index contributed by atoms with van der Waals surface area (Å²) in [5.41, 5.74) is 0.637. The average Bonchev–Trinajstić information content (AvgIpc) is 2.47.